The van der Waals surface area contributed by atoms with Crippen LogP contribution in [0.4, 0.5) is 0 Å². The average Bonchev–Trinajstić information content (AvgIpc) is 2.50. The third-order valence-electron chi connectivity index (χ3n) is 3.83. The monoisotopic (exact) mass is 289 g/mol. The van der Waals surface area contributed by atoms with E-state index in [4.69, 9.17) is 9.84 Å². The Labute approximate surface area is 126 Å². The van der Waals surface area contributed by atoms with E-state index >= 15 is 0 Å². The summed E-state index contributed by atoms with van der Waals surface area (Å²) in [5.74, 6) is 5.91. The van der Waals surface area contributed by atoms with Gasteiger partial charge in [-0.2, -0.15) is 0 Å². The molecule has 1 N–H and O–H groups in total. The fourth-order valence-corrected chi connectivity index (χ4v) is 1.78. The molecule has 0 aliphatic carbocycles. The second kappa shape index (κ2) is 7.14. The molecule has 4 nitrogen and oxygen atoms in total. The Kier molecular flexibility index (Phi) is 5.80. The molecule has 0 aliphatic rings. The quantitative estimate of drug-likeness (QED) is 0.865. The van der Waals surface area contributed by atoms with Crippen molar-refractivity contribution in [3.8, 4) is 17.6 Å². The number of methoxy groups -OCH3 is 1. The highest BCUT2D eigenvalue weighted by Gasteiger charge is 2.26. The lowest BCUT2D eigenvalue weighted by molar-refractivity contribution is 0.0620. The molecule has 0 atom stereocenters. The highest BCUT2D eigenvalue weighted by molar-refractivity contribution is 5.95. The zero-order valence-corrected chi connectivity index (χ0v) is 13.4. The molecule has 4 heteroatoms. The van der Waals surface area contributed by atoms with Gasteiger partial charge in [0.1, 0.15) is 12.4 Å². The molecular weight excluding hydrogens is 266 g/mol. The number of aliphatic hydroxyl groups is 1. The summed E-state index contributed by atoms with van der Waals surface area (Å²) in [7, 11) is 3.35. The smallest absolute Gasteiger partial charge is 0.254 e. The van der Waals surface area contributed by atoms with Crippen LogP contribution in [-0.4, -0.2) is 42.2 Å². The van der Waals surface area contributed by atoms with Crippen LogP contribution in [0.1, 0.15) is 43.1 Å². The van der Waals surface area contributed by atoms with Crippen LogP contribution in [0.3, 0.4) is 0 Å². The van der Waals surface area contributed by atoms with Crippen molar-refractivity contribution >= 4 is 5.91 Å². The number of carbonyl (C=O) groups is 1. The van der Waals surface area contributed by atoms with Crippen LogP contribution in [0.2, 0.25) is 0 Å². The minimum absolute atomic E-state index is 0.0587. The second-order valence-electron chi connectivity index (χ2n) is 5.41. The zero-order chi connectivity index (χ0) is 16.0. The molecule has 0 saturated carbocycles. The number of aliphatic hydroxyl groups excluding tert-OH is 1. The van der Waals surface area contributed by atoms with Gasteiger partial charge in [0.25, 0.3) is 5.91 Å². The van der Waals surface area contributed by atoms with Gasteiger partial charge >= 0.3 is 0 Å². The molecule has 0 aliphatic heterocycles. The van der Waals surface area contributed by atoms with Gasteiger partial charge in [-0.1, -0.05) is 18.8 Å². The van der Waals surface area contributed by atoms with Crippen LogP contribution < -0.4 is 4.74 Å². The standard InChI is InChI=1S/C17H23NO3/c1-6-17(2,3)18(4)16(20)14-9-10-15(21-5)13(12-14)8-7-11-19/h9-10,12,19H,6,11H2,1-5H3. The van der Waals surface area contributed by atoms with Crippen molar-refractivity contribution in [1.29, 1.82) is 0 Å². The van der Waals surface area contributed by atoms with Gasteiger partial charge in [-0.3, -0.25) is 4.79 Å². The molecule has 1 amide bonds. The van der Waals surface area contributed by atoms with Crippen LogP contribution in [0, 0.1) is 11.8 Å². The predicted molar refractivity (Wildman–Crippen MR) is 83.4 cm³/mol. The maximum atomic E-state index is 12.6. The van der Waals surface area contributed by atoms with E-state index in [2.05, 4.69) is 18.8 Å². The van der Waals surface area contributed by atoms with Gasteiger partial charge in [-0.25, -0.2) is 0 Å². The molecule has 0 unspecified atom stereocenters. The van der Waals surface area contributed by atoms with Gasteiger partial charge in [-0.05, 0) is 38.5 Å². The minimum Gasteiger partial charge on any atom is -0.495 e. The van der Waals surface area contributed by atoms with Crippen molar-refractivity contribution in [2.24, 2.45) is 0 Å². The number of hydrogen-bond acceptors (Lipinski definition) is 3. The van der Waals surface area contributed by atoms with Crippen LogP contribution in [0.5, 0.6) is 5.75 Å². The highest BCUT2D eigenvalue weighted by Crippen LogP contribution is 2.23. The number of carbonyl (C=O) groups excluding carboxylic acids is 1. The van der Waals surface area contributed by atoms with Crippen molar-refractivity contribution in [2.45, 2.75) is 32.7 Å². The second-order valence-corrected chi connectivity index (χ2v) is 5.41. The van der Waals surface area contributed by atoms with Crippen molar-refractivity contribution in [1.82, 2.24) is 4.90 Å². The summed E-state index contributed by atoms with van der Waals surface area (Å²) < 4.78 is 5.22. The molecular formula is C17H23NO3. The fourth-order valence-electron chi connectivity index (χ4n) is 1.78. The molecule has 1 aromatic rings. The topological polar surface area (TPSA) is 49.8 Å². The van der Waals surface area contributed by atoms with Crippen LogP contribution in [0.15, 0.2) is 18.2 Å². The molecule has 1 aromatic carbocycles. The molecule has 0 spiro atoms. The van der Waals surface area contributed by atoms with Gasteiger partial charge in [0.2, 0.25) is 0 Å². The van der Waals surface area contributed by atoms with E-state index in [0.29, 0.717) is 16.9 Å². The Morgan fingerprint density at radius 1 is 1.43 bits per heavy atom. The van der Waals surface area contributed by atoms with Gasteiger partial charge in [0, 0.05) is 18.2 Å². The van der Waals surface area contributed by atoms with E-state index in [0.717, 1.165) is 6.42 Å². The van der Waals surface area contributed by atoms with Crippen LogP contribution in [0.25, 0.3) is 0 Å². The first-order valence-corrected chi connectivity index (χ1v) is 6.93. The molecule has 0 heterocycles. The summed E-state index contributed by atoms with van der Waals surface area (Å²) in [6.07, 6.45) is 0.864. The number of benzene rings is 1. The summed E-state index contributed by atoms with van der Waals surface area (Å²) >= 11 is 0. The minimum atomic E-state index is -0.232. The van der Waals surface area contributed by atoms with E-state index in [9.17, 15) is 4.79 Å². The summed E-state index contributed by atoms with van der Waals surface area (Å²) in [6.45, 7) is 5.88. The number of ether oxygens (including phenoxy) is 1. The molecule has 21 heavy (non-hydrogen) atoms. The summed E-state index contributed by atoms with van der Waals surface area (Å²) in [5, 5.41) is 8.81. The Bertz CT molecular complexity index is 567. The Morgan fingerprint density at radius 3 is 2.62 bits per heavy atom. The Balaban J connectivity index is 3.17. The fraction of sp³-hybridized carbons (Fsp3) is 0.471. The van der Waals surface area contributed by atoms with E-state index in [1.165, 1.54) is 0 Å². The molecule has 114 valence electrons. The first-order chi connectivity index (χ1) is 9.87. The molecule has 0 fully saturated rings. The Morgan fingerprint density at radius 2 is 2.10 bits per heavy atom. The predicted octanol–water partition coefficient (Wildman–Crippen LogP) is 2.30. The first-order valence-electron chi connectivity index (χ1n) is 6.93. The summed E-state index contributed by atoms with van der Waals surface area (Å²) in [5.41, 5.74) is 0.940. The molecule has 0 radical (unpaired) electrons. The normalized spacial score (nSPS) is 10.6. The van der Waals surface area contributed by atoms with E-state index < -0.39 is 0 Å². The average molecular weight is 289 g/mol. The van der Waals surface area contributed by atoms with Crippen molar-refractivity contribution < 1.29 is 14.6 Å². The lowest BCUT2D eigenvalue weighted by Crippen LogP contribution is -2.44. The number of rotatable bonds is 4. The maximum absolute atomic E-state index is 12.6. The molecule has 0 aromatic heterocycles. The van der Waals surface area contributed by atoms with E-state index in [1.807, 2.05) is 13.8 Å². The van der Waals surface area contributed by atoms with E-state index in [-0.39, 0.29) is 18.1 Å². The molecule has 1 rings (SSSR count). The van der Waals surface area contributed by atoms with Gasteiger partial charge in [-0.15, -0.1) is 0 Å². The highest BCUT2D eigenvalue weighted by atomic mass is 16.5. The lowest BCUT2D eigenvalue weighted by atomic mass is 9.98. The summed E-state index contributed by atoms with van der Waals surface area (Å²) in [4.78, 5) is 14.3. The molecule has 0 bridgehead atoms. The number of hydrogen-bond donors (Lipinski definition) is 1. The zero-order valence-electron chi connectivity index (χ0n) is 13.4. The lowest BCUT2D eigenvalue weighted by Gasteiger charge is -2.35. The van der Waals surface area contributed by atoms with Gasteiger partial charge in [0.15, 0.2) is 0 Å². The third-order valence-corrected chi connectivity index (χ3v) is 3.83. The summed E-state index contributed by atoms with van der Waals surface area (Å²) in [6, 6.07) is 5.15. The van der Waals surface area contributed by atoms with Gasteiger partial charge < -0.3 is 14.7 Å². The van der Waals surface area contributed by atoms with E-state index in [1.54, 1.807) is 37.3 Å². The first kappa shape index (κ1) is 17.1. The van der Waals surface area contributed by atoms with Crippen molar-refractivity contribution in [3.05, 3.63) is 29.3 Å². The van der Waals surface area contributed by atoms with Crippen LogP contribution >= 0.6 is 0 Å². The van der Waals surface area contributed by atoms with Crippen molar-refractivity contribution in [2.75, 3.05) is 20.8 Å². The number of nitrogens with zero attached hydrogens (tertiary/aromatic N) is 1. The van der Waals surface area contributed by atoms with Gasteiger partial charge in [0.05, 0.1) is 12.7 Å². The third kappa shape index (κ3) is 3.99. The van der Waals surface area contributed by atoms with Crippen molar-refractivity contribution in [3.63, 3.8) is 0 Å². The maximum Gasteiger partial charge on any atom is 0.254 e. The largest absolute Gasteiger partial charge is 0.495 e. The SMILES string of the molecule is CCC(C)(C)N(C)C(=O)c1ccc(OC)c(C#CCO)c1. The van der Waals surface area contributed by atoms with Crippen LogP contribution in [-0.2, 0) is 0 Å². The number of amides is 1. The Hall–Kier alpha value is -1.99. The molecule has 0 saturated heterocycles.